The fourth-order valence-corrected chi connectivity index (χ4v) is 3.02. The lowest BCUT2D eigenvalue weighted by Gasteiger charge is -2.31. The maximum Gasteiger partial charge on any atom is 0.279 e. The predicted octanol–water partition coefficient (Wildman–Crippen LogP) is 1.78. The minimum Gasteiger partial charge on any atom is -0.711 e. The van der Waals surface area contributed by atoms with Crippen molar-refractivity contribution in [3.63, 3.8) is 0 Å². The summed E-state index contributed by atoms with van der Waals surface area (Å²) >= 11 is 0. The first-order valence-corrected chi connectivity index (χ1v) is 7.78. The molecule has 0 bridgehead atoms. The van der Waals surface area contributed by atoms with Gasteiger partial charge in [0.05, 0.1) is 25.8 Å². The molecule has 1 saturated heterocycles. The number of fused-ring (bicyclic) bond motifs is 1. The molecular formula is C17H18N4O2. The molecular weight excluding hydrogens is 292 g/mol. The molecule has 3 aromatic heterocycles. The van der Waals surface area contributed by atoms with Crippen molar-refractivity contribution in [3.8, 4) is 0 Å². The molecule has 4 heterocycles. The minimum absolute atomic E-state index is 0.722. The number of aromatic nitrogens is 2. The third-order valence-electron chi connectivity index (χ3n) is 4.22. The van der Waals surface area contributed by atoms with Crippen molar-refractivity contribution < 1.29 is 9.15 Å². The second-order valence-corrected chi connectivity index (χ2v) is 5.75. The van der Waals surface area contributed by atoms with Crippen LogP contribution in [0.15, 0.2) is 53.2 Å². The standard InChI is InChI=1S/C17H18N4O2/c22-21-7-2-1-5-17(21)20-10-8-19(9-11-20)13-14-12-15-16(23-14)4-3-6-18-15/h1-7,12H,8-11,13H2. The number of furan rings is 1. The summed E-state index contributed by atoms with van der Waals surface area (Å²) in [4.78, 5) is 8.77. The number of rotatable bonds is 3. The average molecular weight is 310 g/mol. The van der Waals surface area contributed by atoms with Gasteiger partial charge in [-0.15, -0.1) is 0 Å². The van der Waals surface area contributed by atoms with E-state index in [1.54, 1.807) is 18.5 Å². The van der Waals surface area contributed by atoms with Crippen LogP contribution in [0.5, 0.6) is 0 Å². The van der Waals surface area contributed by atoms with Crippen LogP contribution in [0.2, 0.25) is 0 Å². The molecule has 1 fully saturated rings. The number of anilines is 1. The zero-order valence-electron chi connectivity index (χ0n) is 12.8. The zero-order valence-corrected chi connectivity index (χ0v) is 12.8. The van der Waals surface area contributed by atoms with Crippen LogP contribution in [0.4, 0.5) is 5.82 Å². The summed E-state index contributed by atoms with van der Waals surface area (Å²) in [5.74, 6) is 1.66. The number of piperazine rings is 1. The van der Waals surface area contributed by atoms with Crippen molar-refractivity contribution in [2.75, 3.05) is 31.1 Å². The Hall–Kier alpha value is -2.60. The molecule has 6 nitrogen and oxygen atoms in total. The Morgan fingerprint density at radius 3 is 2.78 bits per heavy atom. The number of pyridine rings is 2. The molecule has 3 aromatic rings. The highest BCUT2D eigenvalue weighted by Gasteiger charge is 2.24. The molecule has 1 aliphatic rings. The molecule has 0 aliphatic carbocycles. The van der Waals surface area contributed by atoms with Gasteiger partial charge in [-0.3, -0.25) is 14.8 Å². The number of nitrogens with zero attached hydrogens (tertiary/aromatic N) is 4. The van der Waals surface area contributed by atoms with E-state index in [-0.39, 0.29) is 0 Å². The van der Waals surface area contributed by atoms with E-state index in [9.17, 15) is 5.21 Å². The van der Waals surface area contributed by atoms with Gasteiger partial charge in [0.15, 0.2) is 5.58 Å². The molecule has 0 radical (unpaired) electrons. The van der Waals surface area contributed by atoms with Gasteiger partial charge in [0.25, 0.3) is 5.82 Å². The first-order valence-electron chi connectivity index (χ1n) is 7.78. The van der Waals surface area contributed by atoms with Crippen LogP contribution >= 0.6 is 0 Å². The zero-order chi connectivity index (χ0) is 15.6. The summed E-state index contributed by atoms with van der Waals surface area (Å²) in [6, 6.07) is 11.3. The van der Waals surface area contributed by atoms with Gasteiger partial charge in [0.1, 0.15) is 11.3 Å². The third kappa shape index (κ3) is 2.85. The first kappa shape index (κ1) is 14.0. The molecule has 0 saturated carbocycles. The van der Waals surface area contributed by atoms with Crippen LogP contribution in [0.1, 0.15) is 5.76 Å². The Labute approximate surface area is 134 Å². The Morgan fingerprint density at radius 1 is 1.13 bits per heavy atom. The van der Waals surface area contributed by atoms with Crippen molar-refractivity contribution in [1.29, 1.82) is 0 Å². The molecule has 0 N–H and O–H groups in total. The SMILES string of the molecule is [O-][n+]1ccccc1N1CCN(Cc2cc3ncccc3o2)CC1. The number of hydrogen-bond donors (Lipinski definition) is 0. The molecule has 0 atom stereocenters. The fourth-order valence-electron chi connectivity index (χ4n) is 3.02. The van der Waals surface area contributed by atoms with Crippen LogP contribution in [-0.2, 0) is 6.54 Å². The van der Waals surface area contributed by atoms with E-state index in [0.29, 0.717) is 0 Å². The molecule has 4 rings (SSSR count). The highest BCUT2D eigenvalue weighted by molar-refractivity contribution is 5.72. The fraction of sp³-hybridized carbons (Fsp3) is 0.294. The van der Waals surface area contributed by atoms with E-state index in [4.69, 9.17) is 4.42 Å². The lowest BCUT2D eigenvalue weighted by molar-refractivity contribution is -0.592. The monoisotopic (exact) mass is 310 g/mol. The van der Waals surface area contributed by atoms with Gasteiger partial charge in [-0.2, -0.15) is 0 Å². The first-order chi connectivity index (χ1) is 11.3. The quantitative estimate of drug-likeness (QED) is 0.545. The van der Waals surface area contributed by atoms with Crippen molar-refractivity contribution in [3.05, 3.63) is 59.8 Å². The second-order valence-electron chi connectivity index (χ2n) is 5.75. The van der Waals surface area contributed by atoms with Crippen LogP contribution in [0.3, 0.4) is 0 Å². The van der Waals surface area contributed by atoms with Crippen LogP contribution < -0.4 is 9.63 Å². The molecule has 118 valence electrons. The second kappa shape index (κ2) is 5.89. The van der Waals surface area contributed by atoms with Crippen LogP contribution in [0, 0.1) is 5.21 Å². The highest BCUT2D eigenvalue weighted by Crippen LogP contribution is 2.19. The molecule has 23 heavy (non-hydrogen) atoms. The minimum atomic E-state index is 0.722. The summed E-state index contributed by atoms with van der Waals surface area (Å²) in [5, 5.41) is 11.8. The summed E-state index contributed by atoms with van der Waals surface area (Å²) in [6.45, 7) is 4.25. The predicted molar refractivity (Wildman–Crippen MR) is 86.9 cm³/mol. The van der Waals surface area contributed by atoms with Gasteiger partial charge in [0, 0.05) is 31.4 Å². The Balaban J connectivity index is 1.41. The van der Waals surface area contributed by atoms with Gasteiger partial charge in [-0.25, -0.2) is 4.73 Å². The largest absolute Gasteiger partial charge is 0.711 e. The molecule has 0 spiro atoms. The van der Waals surface area contributed by atoms with E-state index in [2.05, 4.69) is 14.8 Å². The van der Waals surface area contributed by atoms with Crippen molar-refractivity contribution in [1.82, 2.24) is 9.88 Å². The molecule has 1 aliphatic heterocycles. The summed E-state index contributed by atoms with van der Waals surface area (Å²) in [5.41, 5.74) is 1.73. The lowest BCUT2D eigenvalue weighted by atomic mass is 10.3. The topological polar surface area (TPSA) is 59.5 Å². The maximum atomic E-state index is 11.8. The van der Waals surface area contributed by atoms with Crippen LogP contribution in [0.25, 0.3) is 11.1 Å². The summed E-state index contributed by atoms with van der Waals surface area (Å²) in [7, 11) is 0. The van der Waals surface area contributed by atoms with E-state index >= 15 is 0 Å². The van der Waals surface area contributed by atoms with Crippen LogP contribution in [-0.4, -0.2) is 36.1 Å². The Morgan fingerprint density at radius 2 is 2.00 bits per heavy atom. The molecule has 6 heteroatoms. The van der Waals surface area contributed by atoms with E-state index in [1.165, 1.54) is 0 Å². The van der Waals surface area contributed by atoms with Crippen molar-refractivity contribution in [2.45, 2.75) is 6.54 Å². The van der Waals surface area contributed by atoms with Crippen molar-refractivity contribution >= 4 is 16.9 Å². The van der Waals surface area contributed by atoms with Gasteiger partial charge in [-0.1, -0.05) is 6.07 Å². The normalized spacial score (nSPS) is 16.1. The summed E-state index contributed by atoms with van der Waals surface area (Å²) < 4.78 is 6.76. The molecule has 0 aromatic carbocycles. The van der Waals surface area contributed by atoms with E-state index in [1.807, 2.05) is 30.3 Å². The lowest BCUT2D eigenvalue weighted by Crippen LogP contribution is -2.49. The van der Waals surface area contributed by atoms with Gasteiger partial charge in [0.2, 0.25) is 0 Å². The van der Waals surface area contributed by atoms with Crippen molar-refractivity contribution in [2.24, 2.45) is 0 Å². The average Bonchev–Trinajstić information content (AvgIpc) is 2.98. The third-order valence-corrected chi connectivity index (χ3v) is 4.22. The van der Waals surface area contributed by atoms with E-state index < -0.39 is 0 Å². The smallest absolute Gasteiger partial charge is 0.279 e. The van der Waals surface area contributed by atoms with Gasteiger partial charge < -0.3 is 9.62 Å². The summed E-state index contributed by atoms with van der Waals surface area (Å²) in [6.07, 6.45) is 3.32. The van der Waals surface area contributed by atoms with E-state index in [0.717, 1.165) is 60.1 Å². The van der Waals surface area contributed by atoms with Gasteiger partial charge in [-0.05, 0) is 18.2 Å². The van der Waals surface area contributed by atoms with Gasteiger partial charge >= 0.3 is 0 Å². The molecule has 0 amide bonds. The maximum absolute atomic E-state index is 11.8. The highest BCUT2D eigenvalue weighted by atomic mass is 16.5. The molecule has 0 unspecified atom stereocenters. The number of hydrogen-bond acceptors (Lipinski definition) is 5. The Bertz CT molecular complexity index is 776. The Kier molecular flexibility index (Phi) is 3.59.